The molecule has 1 aliphatic carbocycles. The minimum Gasteiger partial charge on any atom is -0.372 e. The second kappa shape index (κ2) is 6.30. The van der Waals surface area contributed by atoms with Crippen molar-refractivity contribution in [3.63, 3.8) is 0 Å². The van der Waals surface area contributed by atoms with E-state index in [0.717, 1.165) is 21.9 Å². The first kappa shape index (κ1) is 14.1. The Morgan fingerprint density at radius 1 is 1.23 bits per heavy atom. The van der Waals surface area contributed by atoms with Crippen molar-refractivity contribution < 1.29 is 9.53 Å². The second-order valence-corrected chi connectivity index (χ2v) is 4.91. The van der Waals surface area contributed by atoms with E-state index in [0.29, 0.717) is 18.7 Å². The van der Waals surface area contributed by atoms with Gasteiger partial charge in [0, 0.05) is 16.5 Å². The summed E-state index contributed by atoms with van der Waals surface area (Å²) in [6.07, 6.45) is 1.90. The summed E-state index contributed by atoms with van der Waals surface area (Å²) in [6.45, 7) is 1.08. The molecule has 2 aromatic rings. The van der Waals surface area contributed by atoms with Gasteiger partial charge in [-0.3, -0.25) is 4.79 Å². The largest absolute Gasteiger partial charge is 0.372 e. The topological polar surface area (TPSA) is 88.6 Å². The second-order valence-electron chi connectivity index (χ2n) is 4.91. The SMILES string of the molecule is N=[N+]=NNCCOCC1=Cc2cccc3cccc(c23)C1=O. The first-order chi connectivity index (χ1) is 10.8. The van der Waals surface area contributed by atoms with Crippen LogP contribution in [0.4, 0.5) is 0 Å². The van der Waals surface area contributed by atoms with Crippen LogP contribution in [0.2, 0.25) is 0 Å². The van der Waals surface area contributed by atoms with E-state index in [1.54, 1.807) is 0 Å². The Balaban J connectivity index is 1.77. The fraction of sp³-hybridized carbons (Fsp3) is 0.188. The summed E-state index contributed by atoms with van der Waals surface area (Å²) in [7, 11) is 0. The van der Waals surface area contributed by atoms with Crippen LogP contribution in [-0.4, -0.2) is 25.5 Å². The fourth-order valence-corrected chi connectivity index (χ4v) is 2.60. The number of nitrogens with zero attached hydrogens (tertiary/aromatic N) is 2. The number of Topliss-reactive ketones (excluding diaryl/α,β-unsaturated/α-hetero) is 1. The van der Waals surface area contributed by atoms with E-state index in [2.05, 4.69) is 15.6 Å². The summed E-state index contributed by atoms with van der Waals surface area (Å²) < 4.78 is 5.49. The lowest BCUT2D eigenvalue weighted by atomic mass is 9.88. The van der Waals surface area contributed by atoms with Crippen molar-refractivity contribution in [3.05, 3.63) is 53.1 Å². The van der Waals surface area contributed by atoms with Crippen molar-refractivity contribution in [3.8, 4) is 0 Å². The number of carbonyl (C=O) groups excluding carboxylic acids is 1. The summed E-state index contributed by atoms with van der Waals surface area (Å²) >= 11 is 0. The highest BCUT2D eigenvalue weighted by Crippen LogP contribution is 2.31. The first-order valence-corrected chi connectivity index (χ1v) is 6.95. The number of benzene rings is 2. The van der Waals surface area contributed by atoms with E-state index < -0.39 is 0 Å². The van der Waals surface area contributed by atoms with E-state index >= 15 is 0 Å². The molecule has 0 aromatic heterocycles. The molecule has 0 unspecified atom stereocenters. The zero-order valence-electron chi connectivity index (χ0n) is 11.9. The molecule has 6 heteroatoms. The molecule has 0 atom stereocenters. The Kier molecular flexibility index (Phi) is 4.05. The van der Waals surface area contributed by atoms with Gasteiger partial charge in [0.05, 0.1) is 18.1 Å². The lowest BCUT2D eigenvalue weighted by molar-refractivity contribution is 0.0987. The molecule has 3 rings (SSSR count). The van der Waals surface area contributed by atoms with Crippen LogP contribution in [0.5, 0.6) is 0 Å². The molecule has 0 saturated carbocycles. The quantitative estimate of drug-likeness (QED) is 0.371. The minimum atomic E-state index is 0.0168. The third-order valence-corrected chi connectivity index (χ3v) is 3.54. The van der Waals surface area contributed by atoms with Gasteiger partial charge < -0.3 is 4.74 Å². The van der Waals surface area contributed by atoms with Crippen LogP contribution in [0.1, 0.15) is 15.9 Å². The molecule has 6 nitrogen and oxygen atoms in total. The smallest absolute Gasteiger partial charge is 0.215 e. The molecule has 0 radical (unpaired) electrons. The van der Waals surface area contributed by atoms with E-state index in [1.807, 2.05) is 42.5 Å². The Labute approximate surface area is 127 Å². The number of ether oxygens (including phenoxy) is 1. The molecule has 0 saturated heterocycles. The summed E-state index contributed by atoms with van der Waals surface area (Å²) in [5.74, 6) is 0.0168. The van der Waals surface area contributed by atoms with Crippen molar-refractivity contribution in [1.29, 1.82) is 5.53 Å². The third kappa shape index (κ3) is 2.65. The Morgan fingerprint density at radius 2 is 2.05 bits per heavy atom. The third-order valence-electron chi connectivity index (χ3n) is 3.54. The van der Waals surface area contributed by atoms with Gasteiger partial charge in [-0.25, -0.2) is 0 Å². The van der Waals surface area contributed by atoms with Crippen LogP contribution in [0.15, 0.2) is 47.2 Å². The Morgan fingerprint density at radius 3 is 2.86 bits per heavy atom. The Hall–Kier alpha value is -2.82. The monoisotopic (exact) mass is 295 g/mol. The summed E-state index contributed by atoms with van der Waals surface area (Å²) in [5.41, 5.74) is 11.5. The molecule has 2 aromatic carbocycles. The van der Waals surface area contributed by atoms with Crippen LogP contribution >= 0.6 is 0 Å². The van der Waals surface area contributed by atoms with Gasteiger partial charge in [-0.2, -0.15) is 5.43 Å². The molecular formula is C16H15N4O2+. The van der Waals surface area contributed by atoms with Crippen molar-refractivity contribution in [1.82, 2.24) is 10.3 Å². The number of ketones is 1. The van der Waals surface area contributed by atoms with Gasteiger partial charge in [-0.1, -0.05) is 36.4 Å². The average Bonchev–Trinajstić information content (AvgIpc) is 2.55. The van der Waals surface area contributed by atoms with Crippen molar-refractivity contribution in [2.24, 2.45) is 5.22 Å². The minimum absolute atomic E-state index is 0.0168. The normalized spacial score (nSPS) is 12.7. The lowest BCUT2D eigenvalue weighted by Crippen LogP contribution is -2.18. The van der Waals surface area contributed by atoms with Crippen molar-refractivity contribution in [2.45, 2.75) is 0 Å². The first-order valence-electron chi connectivity index (χ1n) is 6.95. The number of nitrogens with one attached hydrogen (secondary N) is 2. The van der Waals surface area contributed by atoms with Crippen LogP contribution in [0.25, 0.3) is 16.8 Å². The number of hydrogen-bond acceptors (Lipinski definition) is 4. The highest BCUT2D eigenvalue weighted by molar-refractivity contribution is 6.22. The van der Waals surface area contributed by atoms with Gasteiger partial charge >= 0.3 is 0 Å². The predicted molar refractivity (Wildman–Crippen MR) is 82.4 cm³/mol. The maximum Gasteiger partial charge on any atom is 0.215 e. The summed E-state index contributed by atoms with van der Waals surface area (Å²) in [5, 5.41) is 5.39. The standard InChI is InChI=1S/C16H14N4O2/c17-19-20-18-7-8-22-10-13-9-12-5-1-3-11-4-2-6-14(15(11)12)16(13)21/h1-6,9,17H,7-8,10H2/p+1. The number of rotatable bonds is 6. The molecular weight excluding hydrogens is 280 g/mol. The van der Waals surface area contributed by atoms with Gasteiger partial charge in [0.2, 0.25) is 5.22 Å². The molecule has 0 amide bonds. The maximum absolute atomic E-state index is 12.5. The molecule has 0 heterocycles. The zero-order chi connectivity index (χ0) is 15.4. The molecule has 22 heavy (non-hydrogen) atoms. The van der Waals surface area contributed by atoms with Crippen molar-refractivity contribution in [2.75, 3.05) is 19.8 Å². The van der Waals surface area contributed by atoms with E-state index in [1.165, 1.54) is 0 Å². The molecule has 0 fully saturated rings. The number of hydrogen-bond donors (Lipinski definition) is 2. The maximum atomic E-state index is 12.5. The fourth-order valence-electron chi connectivity index (χ4n) is 2.60. The van der Waals surface area contributed by atoms with E-state index in [9.17, 15) is 4.79 Å². The van der Waals surface area contributed by atoms with Crippen LogP contribution in [-0.2, 0) is 4.74 Å². The molecule has 2 N–H and O–H groups in total. The lowest BCUT2D eigenvalue weighted by Gasteiger charge is -2.16. The molecule has 110 valence electrons. The summed E-state index contributed by atoms with van der Waals surface area (Å²) in [4.78, 5) is 15.4. The highest BCUT2D eigenvalue weighted by atomic mass is 16.5. The molecule has 1 aliphatic rings. The van der Waals surface area contributed by atoms with Gasteiger partial charge in [0.25, 0.3) is 0 Å². The highest BCUT2D eigenvalue weighted by Gasteiger charge is 2.21. The van der Waals surface area contributed by atoms with Gasteiger partial charge in [-0.15, -0.1) is 0 Å². The van der Waals surface area contributed by atoms with Crippen LogP contribution in [0, 0.1) is 5.53 Å². The molecule has 0 bridgehead atoms. The van der Waals surface area contributed by atoms with Crippen LogP contribution in [0.3, 0.4) is 0 Å². The average molecular weight is 295 g/mol. The molecule has 0 aliphatic heterocycles. The Bertz CT molecular complexity index is 802. The zero-order valence-corrected chi connectivity index (χ0v) is 11.9. The van der Waals surface area contributed by atoms with Crippen LogP contribution < -0.4 is 10.3 Å². The number of carbonyl (C=O) groups is 1. The van der Waals surface area contributed by atoms with Crippen molar-refractivity contribution >= 4 is 22.6 Å². The van der Waals surface area contributed by atoms with Gasteiger partial charge in [0.1, 0.15) is 6.54 Å². The van der Waals surface area contributed by atoms with E-state index in [-0.39, 0.29) is 12.4 Å². The van der Waals surface area contributed by atoms with E-state index in [4.69, 9.17) is 10.3 Å². The van der Waals surface area contributed by atoms with Gasteiger partial charge in [-0.05, 0) is 22.6 Å². The predicted octanol–water partition coefficient (Wildman–Crippen LogP) is 2.49. The van der Waals surface area contributed by atoms with Gasteiger partial charge in [0.15, 0.2) is 5.78 Å². The summed E-state index contributed by atoms with van der Waals surface area (Å²) in [6, 6.07) is 11.8. The molecule has 0 spiro atoms.